The van der Waals surface area contributed by atoms with E-state index in [1.165, 1.54) is 17.8 Å². The molecule has 0 bridgehead atoms. The first-order valence-corrected chi connectivity index (χ1v) is 13.2. The molecule has 192 valence electrons. The van der Waals surface area contributed by atoms with Gasteiger partial charge in [-0.25, -0.2) is 0 Å². The number of hydrogen-bond donors (Lipinski definition) is 0. The standard InChI is InChI=1S/C30H21N3O5S/c1-2-8-23-21(7-1)31-17-28(36-23)20-13-12-19(22-18-39-33-32-22)29(30(20)27-11-5-6-15-35-38-27)26-14-16-34-24-9-3-4-10-25(24)37-26/h1-18,26-28H. The van der Waals surface area contributed by atoms with E-state index in [1.807, 2.05) is 84.3 Å². The molecule has 4 heterocycles. The summed E-state index contributed by atoms with van der Waals surface area (Å²) in [5, 5.41) is 6.29. The average Bonchev–Trinajstić information content (AvgIpc) is 3.26. The van der Waals surface area contributed by atoms with Gasteiger partial charge in [0.1, 0.15) is 35.6 Å². The summed E-state index contributed by atoms with van der Waals surface area (Å²) in [5.41, 5.74) is 4.84. The van der Waals surface area contributed by atoms with Gasteiger partial charge in [0.2, 0.25) is 0 Å². The van der Waals surface area contributed by atoms with Crippen LogP contribution in [0, 0.1) is 0 Å². The lowest BCUT2D eigenvalue weighted by Gasteiger charge is -2.29. The Morgan fingerprint density at radius 1 is 0.718 bits per heavy atom. The Bertz CT molecular complexity index is 1630. The molecule has 3 aromatic carbocycles. The summed E-state index contributed by atoms with van der Waals surface area (Å²) in [6, 6.07) is 19.3. The van der Waals surface area contributed by atoms with Crippen molar-refractivity contribution < 1.29 is 24.0 Å². The van der Waals surface area contributed by atoms with Crippen molar-refractivity contribution in [3.05, 3.63) is 120 Å². The molecule has 3 unspecified atom stereocenters. The third-order valence-electron chi connectivity index (χ3n) is 6.54. The highest BCUT2D eigenvalue weighted by atomic mass is 32.1. The van der Waals surface area contributed by atoms with Gasteiger partial charge in [-0.05, 0) is 54.0 Å². The van der Waals surface area contributed by atoms with E-state index in [0.717, 1.165) is 33.6 Å². The maximum atomic E-state index is 6.58. The fraction of sp³-hybridized carbons (Fsp3) is 0.100. The normalized spacial score (nSPS) is 20.9. The van der Waals surface area contributed by atoms with Gasteiger partial charge in [-0.1, -0.05) is 47.0 Å². The Morgan fingerprint density at radius 2 is 1.56 bits per heavy atom. The summed E-state index contributed by atoms with van der Waals surface area (Å²) < 4.78 is 23.0. The van der Waals surface area contributed by atoms with Crippen molar-refractivity contribution in [3.8, 4) is 28.5 Å². The number of benzene rings is 3. The van der Waals surface area contributed by atoms with Crippen molar-refractivity contribution in [2.45, 2.75) is 18.3 Å². The molecule has 0 saturated heterocycles. The summed E-state index contributed by atoms with van der Waals surface area (Å²) in [6.07, 6.45) is 10.8. The fourth-order valence-corrected chi connectivity index (χ4v) is 5.28. The number of aliphatic imine (C=N–C) groups is 1. The van der Waals surface area contributed by atoms with Crippen LogP contribution >= 0.6 is 11.5 Å². The Hall–Kier alpha value is -4.73. The number of para-hydroxylation sites is 4. The van der Waals surface area contributed by atoms with Crippen molar-refractivity contribution >= 4 is 23.4 Å². The van der Waals surface area contributed by atoms with Crippen LogP contribution in [-0.4, -0.2) is 15.8 Å². The SMILES string of the molecule is C1=COOC(c2c(C3C=Nc4ccccc4O3)ccc(-c3csnn3)c2C2C=COc3ccccc3O2)C=C1. The third-order valence-corrected chi connectivity index (χ3v) is 7.05. The molecule has 0 N–H and O–H groups in total. The van der Waals surface area contributed by atoms with Crippen LogP contribution in [-0.2, 0) is 9.78 Å². The minimum absolute atomic E-state index is 0.484. The summed E-state index contributed by atoms with van der Waals surface area (Å²) in [4.78, 5) is 15.9. The van der Waals surface area contributed by atoms with Gasteiger partial charge in [0.05, 0.1) is 12.5 Å². The molecule has 0 amide bonds. The van der Waals surface area contributed by atoms with E-state index in [4.69, 9.17) is 24.0 Å². The molecule has 1 aromatic heterocycles. The molecule has 3 aliphatic heterocycles. The molecule has 0 saturated carbocycles. The Balaban J connectivity index is 1.44. The van der Waals surface area contributed by atoms with Crippen molar-refractivity contribution in [2.75, 3.05) is 0 Å². The Labute approximate surface area is 228 Å². The molecule has 39 heavy (non-hydrogen) atoms. The molecule has 9 heteroatoms. The van der Waals surface area contributed by atoms with Crippen LogP contribution in [0.2, 0.25) is 0 Å². The topological polar surface area (TPSA) is 84.3 Å². The van der Waals surface area contributed by atoms with E-state index >= 15 is 0 Å². The van der Waals surface area contributed by atoms with Crippen LogP contribution in [0.1, 0.15) is 35.0 Å². The van der Waals surface area contributed by atoms with Crippen LogP contribution in [0.15, 0.2) is 108 Å². The van der Waals surface area contributed by atoms with Crippen molar-refractivity contribution in [3.63, 3.8) is 0 Å². The van der Waals surface area contributed by atoms with Crippen molar-refractivity contribution in [1.82, 2.24) is 9.59 Å². The lowest BCUT2D eigenvalue weighted by molar-refractivity contribution is -0.273. The largest absolute Gasteiger partial charge is 0.478 e. The predicted octanol–water partition coefficient (Wildman–Crippen LogP) is 7.14. The van der Waals surface area contributed by atoms with E-state index in [0.29, 0.717) is 17.2 Å². The minimum Gasteiger partial charge on any atom is -0.478 e. The molecule has 4 aromatic rings. The van der Waals surface area contributed by atoms with Crippen molar-refractivity contribution in [1.29, 1.82) is 0 Å². The van der Waals surface area contributed by atoms with Gasteiger partial charge < -0.3 is 19.1 Å². The smallest absolute Gasteiger partial charge is 0.168 e. The summed E-state index contributed by atoms with van der Waals surface area (Å²) >= 11 is 1.28. The number of ether oxygens (including phenoxy) is 3. The molecule has 8 nitrogen and oxygen atoms in total. The number of allylic oxidation sites excluding steroid dienone is 2. The summed E-state index contributed by atoms with van der Waals surface area (Å²) in [7, 11) is 0. The molecule has 3 atom stereocenters. The molecule has 7 rings (SSSR count). The molecular formula is C30H21N3O5S. The summed E-state index contributed by atoms with van der Waals surface area (Å²) in [6.45, 7) is 0. The first-order valence-electron chi connectivity index (χ1n) is 12.3. The van der Waals surface area contributed by atoms with Crippen LogP contribution < -0.4 is 14.2 Å². The number of rotatable bonds is 4. The molecule has 0 fully saturated rings. The molecule has 3 aliphatic rings. The monoisotopic (exact) mass is 535 g/mol. The highest BCUT2D eigenvalue weighted by Gasteiger charge is 2.33. The number of hydrogen-bond acceptors (Lipinski definition) is 9. The highest BCUT2D eigenvalue weighted by Crippen LogP contribution is 2.45. The van der Waals surface area contributed by atoms with Gasteiger partial charge in [-0.3, -0.25) is 4.99 Å². The molecule has 0 aliphatic carbocycles. The lowest BCUT2D eigenvalue weighted by atomic mass is 9.85. The zero-order chi connectivity index (χ0) is 26.0. The molecular weight excluding hydrogens is 514 g/mol. The maximum absolute atomic E-state index is 6.58. The van der Waals surface area contributed by atoms with E-state index < -0.39 is 18.3 Å². The van der Waals surface area contributed by atoms with Crippen LogP contribution in [0.5, 0.6) is 17.2 Å². The molecule has 0 spiro atoms. The average molecular weight is 536 g/mol. The Morgan fingerprint density at radius 3 is 2.46 bits per heavy atom. The van der Waals surface area contributed by atoms with Crippen LogP contribution in [0.3, 0.4) is 0 Å². The van der Waals surface area contributed by atoms with Crippen LogP contribution in [0.25, 0.3) is 11.3 Å². The first-order chi connectivity index (χ1) is 19.3. The zero-order valence-corrected chi connectivity index (χ0v) is 21.2. The van der Waals surface area contributed by atoms with E-state index in [9.17, 15) is 0 Å². The minimum atomic E-state index is -0.595. The maximum Gasteiger partial charge on any atom is 0.168 e. The van der Waals surface area contributed by atoms with Gasteiger partial charge >= 0.3 is 0 Å². The number of nitrogens with zero attached hydrogens (tertiary/aromatic N) is 3. The predicted molar refractivity (Wildman–Crippen MR) is 146 cm³/mol. The lowest BCUT2D eigenvalue weighted by Crippen LogP contribution is -2.20. The number of aromatic nitrogens is 2. The highest BCUT2D eigenvalue weighted by molar-refractivity contribution is 7.03. The van der Waals surface area contributed by atoms with E-state index in [2.05, 4.69) is 14.6 Å². The second-order valence-electron chi connectivity index (χ2n) is 8.86. The van der Waals surface area contributed by atoms with Gasteiger partial charge in [-0.2, -0.15) is 4.89 Å². The molecule has 0 radical (unpaired) electrons. The van der Waals surface area contributed by atoms with E-state index in [1.54, 1.807) is 18.6 Å². The second-order valence-corrected chi connectivity index (χ2v) is 9.47. The zero-order valence-electron chi connectivity index (χ0n) is 20.4. The van der Waals surface area contributed by atoms with Crippen LogP contribution in [0.4, 0.5) is 5.69 Å². The fourth-order valence-electron chi connectivity index (χ4n) is 4.82. The summed E-state index contributed by atoms with van der Waals surface area (Å²) in [5.74, 6) is 1.95. The second kappa shape index (κ2) is 10.2. The first kappa shape index (κ1) is 23.4. The Kier molecular flexibility index (Phi) is 6.12. The van der Waals surface area contributed by atoms with Gasteiger partial charge in [0.25, 0.3) is 0 Å². The van der Waals surface area contributed by atoms with Crippen molar-refractivity contribution in [2.24, 2.45) is 4.99 Å². The van der Waals surface area contributed by atoms with Gasteiger partial charge in [0.15, 0.2) is 17.6 Å². The number of fused-ring (bicyclic) bond motifs is 2. The van der Waals surface area contributed by atoms with Gasteiger partial charge in [-0.15, -0.1) is 5.10 Å². The third kappa shape index (κ3) is 4.47. The van der Waals surface area contributed by atoms with E-state index in [-0.39, 0.29) is 0 Å². The van der Waals surface area contributed by atoms with Gasteiger partial charge in [0, 0.05) is 27.6 Å². The quantitative estimate of drug-likeness (QED) is 0.257.